The Morgan fingerprint density at radius 1 is 1.24 bits per heavy atom. The minimum absolute atomic E-state index is 0.119. The van der Waals surface area contributed by atoms with Crippen molar-refractivity contribution in [2.45, 2.75) is 27.2 Å². The lowest BCUT2D eigenvalue weighted by atomic mass is 10.1. The zero-order valence-electron chi connectivity index (χ0n) is 16.7. The van der Waals surface area contributed by atoms with E-state index < -0.39 is 11.9 Å². The lowest BCUT2D eigenvalue weighted by Gasteiger charge is -2.20. The first-order chi connectivity index (χ1) is 13.9. The third-order valence-electron chi connectivity index (χ3n) is 4.58. The van der Waals surface area contributed by atoms with E-state index in [1.165, 1.54) is 11.3 Å². The molecule has 0 spiro atoms. The molecule has 1 N–H and O–H groups in total. The average molecular weight is 416 g/mol. The molecule has 7 nitrogen and oxygen atoms in total. The first-order valence-electron chi connectivity index (χ1n) is 9.55. The van der Waals surface area contributed by atoms with E-state index >= 15 is 0 Å². The van der Waals surface area contributed by atoms with Gasteiger partial charge < -0.3 is 19.7 Å². The van der Waals surface area contributed by atoms with Crippen LogP contribution in [-0.2, 0) is 14.3 Å². The van der Waals surface area contributed by atoms with Crippen LogP contribution >= 0.6 is 11.3 Å². The van der Waals surface area contributed by atoms with Crippen molar-refractivity contribution >= 4 is 39.8 Å². The van der Waals surface area contributed by atoms with Crippen LogP contribution in [0, 0.1) is 12.8 Å². The molecular weight excluding hydrogens is 392 g/mol. The van der Waals surface area contributed by atoms with Gasteiger partial charge in [0.2, 0.25) is 11.8 Å². The minimum Gasteiger partial charge on any atom is -0.492 e. The van der Waals surface area contributed by atoms with Crippen molar-refractivity contribution in [3.8, 4) is 5.75 Å². The third-order valence-corrected chi connectivity index (χ3v) is 5.71. The third kappa shape index (κ3) is 4.59. The second-order valence-corrected chi connectivity index (χ2v) is 7.69. The van der Waals surface area contributed by atoms with E-state index in [0.29, 0.717) is 34.5 Å². The van der Waals surface area contributed by atoms with E-state index in [1.54, 1.807) is 24.8 Å². The number of rotatable bonds is 7. The van der Waals surface area contributed by atoms with E-state index in [4.69, 9.17) is 9.47 Å². The standard InChI is InChI=1S/C21H24N2O5S/c1-4-27-16-9-7-6-8-15(16)23-12-14(11-18(23)24)20(25)22-17-10-13(3)19(29-17)21(26)28-5-2/h6-10,14H,4-5,11-12H2,1-3H3,(H,22,25). The van der Waals surface area contributed by atoms with Gasteiger partial charge in [-0.3, -0.25) is 9.59 Å². The highest BCUT2D eigenvalue weighted by atomic mass is 32.1. The van der Waals surface area contributed by atoms with Gasteiger partial charge >= 0.3 is 5.97 Å². The Morgan fingerprint density at radius 3 is 2.72 bits per heavy atom. The fraction of sp³-hybridized carbons (Fsp3) is 0.381. The number of anilines is 2. The Bertz CT molecular complexity index is 924. The number of carbonyl (C=O) groups is 3. The van der Waals surface area contributed by atoms with Crippen molar-refractivity contribution < 1.29 is 23.9 Å². The monoisotopic (exact) mass is 416 g/mol. The molecular formula is C21H24N2O5S. The van der Waals surface area contributed by atoms with Gasteiger partial charge in [-0.15, -0.1) is 11.3 Å². The molecule has 1 fully saturated rings. The molecule has 1 saturated heterocycles. The van der Waals surface area contributed by atoms with Crippen LogP contribution < -0.4 is 15.0 Å². The normalized spacial score (nSPS) is 16.0. The largest absolute Gasteiger partial charge is 0.492 e. The van der Waals surface area contributed by atoms with Gasteiger partial charge in [0, 0.05) is 13.0 Å². The van der Waals surface area contributed by atoms with Crippen LogP contribution in [0.3, 0.4) is 0 Å². The van der Waals surface area contributed by atoms with E-state index in [0.717, 1.165) is 5.56 Å². The predicted octanol–water partition coefficient (Wildman–Crippen LogP) is 3.62. The molecule has 2 aromatic rings. The number of hydrogen-bond donors (Lipinski definition) is 1. The zero-order chi connectivity index (χ0) is 21.0. The molecule has 1 atom stereocenters. The van der Waals surface area contributed by atoms with Crippen molar-refractivity contribution in [3.63, 3.8) is 0 Å². The maximum atomic E-state index is 12.7. The molecule has 154 valence electrons. The highest BCUT2D eigenvalue weighted by molar-refractivity contribution is 7.18. The molecule has 8 heteroatoms. The van der Waals surface area contributed by atoms with Crippen LogP contribution in [0.1, 0.15) is 35.5 Å². The summed E-state index contributed by atoms with van der Waals surface area (Å²) in [6.45, 7) is 6.49. The number of nitrogens with one attached hydrogen (secondary N) is 1. The van der Waals surface area contributed by atoms with Crippen LogP contribution in [0.15, 0.2) is 30.3 Å². The number of carbonyl (C=O) groups excluding carboxylic acids is 3. The summed E-state index contributed by atoms with van der Waals surface area (Å²) in [6.07, 6.45) is 0.126. The van der Waals surface area contributed by atoms with Crippen LogP contribution in [-0.4, -0.2) is 37.5 Å². The van der Waals surface area contributed by atoms with Crippen molar-refractivity contribution in [1.82, 2.24) is 0 Å². The van der Waals surface area contributed by atoms with Gasteiger partial charge in [-0.25, -0.2) is 4.79 Å². The number of nitrogens with zero attached hydrogens (tertiary/aromatic N) is 1. The van der Waals surface area contributed by atoms with Crippen molar-refractivity contribution in [1.29, 1.82) is 0 Å². The number of thiophene rings is 1. The average Bonchev–Trinajstić information content (AvgIpc) is 3.25. The summed E-state index contributed by atoms with van der Waals surface area (Å²) < 4.78 is 10.6. The number of hydrogen-bond acceptors (Lipinski definition) is 6. The highest BCUT2D eigenvalue weighted by Gasteiger charge is 2.36. The summed E-state index contributed by atoms with van der Waals surface area (Å²) in [6, 6.07) is 9.05. The molecule has 0 aliphatic carbocycles. The second kappa shape index (κ2) is 9.09. The SMILES string of the molecule is CCOC(=O)c1sc(NC(=O)C2CC(=O)N(c3ccccc3OCC)C2)cc1C. The van der Waals surface area contributed by atoms with E-state index in [9.17, 15) is 14.4 Å². The molecule has 1 aromatic heterocycles. The maximum absolute atomic E-state index is 12.7. The number of ether oxygens (including phenoxy) is 2. The molecule has 0 radical (unpaired) electrons. The number of amides is 2. The number of benzene rings is 1. The Morgan fingerprint density at radius 2 is 2.00 bits per heavy atom. The molecule has 2 amide bonds. The highest BCUT2D eigenvalue weighted by Crippen LogP contribution is 2.34. The fourth-order valence-electron chi connectivity index (χ4n) is 3.24. The molecule has 1 unspecified atom stereocenters. The van der Waals surface area contributed by atoms with Gasteiger partial charge in [-0.2, -0.15) is 0 Å². The molecule has 3 rings (SSSR count). The van der Waals surface area contributed by atoms with Gasteiger partial charge in [0.05, 0.1) is 29.8 Å². The topological polar surface area (TPSA) is 84.9 Å². The van der Waals surface area contributed by atoms with E-state index in [1.807, 2.05) is 31.2 Å². The quantitative estimate of drug-likeness (QED) is 0.697. The predicted molar refractivity (Wildman–Crippen MR) is 112 cm³/mol. The Kier molecular flexibility index (Phi) is 6.53. The van der Waals surface area contributed by atoms with Gasteiger partial charge in [-0.1, -0.05) is 12.1 Å². The molecule has 1 aliphatic rings. The smallest absolute Gasteiger partial charge is 0.348 e. The van der Waals surface area contributed by atoms with Crippen LogP contribution in [0.25, 0.3) is 0 Å². The summed E-state index contributed by atoms with van der Waals surface area (Å²) >= 11 is 1.18. The van der Waals surface area contributed by atoms with Crippen LogP contribution in [0.4, 0.5) is 10.7 Å². The summed E-state index contributed by atoms with van der Waals surface area (Å²) in [5, 5.41) is 3.40. The van der Waals surface area contributed by atoms with Crippen molar-refractivity contribution in [2.75, 3.05) is 30.0 Å². The Balaban J connectivity index is 1.70. The molecule has 1 aliphatic heterocycles. The molecule has 1 aromatic carbocycles. The second-order valence-electron chi connectivity index (χ2n) is 6.64. The van der Waals surface area contributed by atoms with Crippen molar-refractivity contribution in [3.05, 3.63) is 40.8 Å². The molecule has 29 heavy (non-hydrogen) atoms. The zero-order valence-corrected chi connectivity index (χ0v) is 17.5. The Hall–Kier alpha value is -2.87. The van der Waals surface area contributed by atoms with Gasteiger partial charge in [0.25, 0.3) is 0 Å². The summed E-state index contributed by atoms with van der Waals surface area (Å²) in [5.74, 6) is -0.619. The Labute approximate surface area is 173 Å². The number of esters is 1. The van der Waals surface area contributed by atoms with Crippen LogP contribution in [0.2, 0.25) is 0 Å². The maximum Gasteiger partial charge on any atom is 0.348 e. The summed E-state index contributed by atoms with van der Waals surface area (Å²) in [5.41, 5.74) is 1.42. The molecule has 2 heterocycles. The first-order valence-corrected chi connectivity index (χ1v) is 10.4. The van der Waals surface area contributed by atoms with Gasteiger partial charge in [-0.05, 0) is 44.5 Å². The molecule has 0 bridgehead atoms. The minimum atomic E-state index is -0.481. The molecule has 0 saturated carbocycles. The van der Waals surface area contributed by atoms with Crippen molar-refractivity contribution in [2.24, 2.45) is 5.92 Å². The number of para-hydroxylation sites is 2. The number of aryl methyl sites for hydroxylation is 1. The summed E-state index contributed by atoms with van der Waals surface area (Å²) in [4.78, 5) is 39.3. The fourth-order valence-corrected chi connectivity index (χ4v) is 4.21. The van der Waals surface area contributed by atoms with E-state index in [-0.39, 0.29) is 24.8 Å². The van der Waals surface area contributed by atoms with Gasteiger partial charge in [0.1, 0.15) is 10.6 Å². The first kappa shape index (κ1) is 20.9. The lowest BCUT2D eigenvalue weighted by molar-refractivity contribution is -0.122. The summed E-state index contributed by atoms with van der Waals surface area (Å²) in [7, 11) is 0. The van der Waals surface area contributed by atoms with Crippen LogP contribution in [0.5, 0.6) is 5.75 Å². The lowest BCUT2D eigenvalue weighted by Crippen LogP contribution is -2.28. The van der Waals surface area contributed by atoms with E-state index in [2.05, 4.69) is 5.32 Å². The van der Waals surface area contributed by atoms with Gasteiger partial charge in [0.15, 0.2) is 0 Å².